The molecule has 1 aromatic carbocycles. The summed E-state index contributed by atoms with van der Waals surface area (Å²) >= 11 is 0. The van der Waals surface area contributed by atoms with Crippen LogP contribution in [-0.4, -0.2) is 31.2 Å². The van der Waals surface area contributed by atoms with Gasteiger partial charge < -0.3 is 15.0 Å². The van der Waals surface area contributed by atoms with Gasteiger partial charge in [0.15, 0.2) is 0 Å². The molecule has 0 radical (unpaired) electrons. The average Bonchev–Trinajstić information content (AvgIpc) is 2.69. The second-order valence-electron chi connectivity index (χ2n) is 4.39. The predicted octanol–water partition coefficient (Wildman–Crippen LogP) is 1.78. The molecular weight excluding hydrogens is 228 g/mol. The first-order valence-corrected chi connectivity index (χ1v) is 6.03. The topological polar surface area (TPSA) is 54.1 Å². The van der Waals surface area contributed by atoms with E-state index in [1.165, 1.54) is 0 Å². The Balaban J connectivity index is 2.00. The van der Waals surface area contributed by atoms with Crippen LogP contribution in [0.4, 0.5) is 0 Å². The highest BCUT2D eigenvalue weighted by Gasteiger charge is 2.04. The Kier molecular flexibility index (Phi) is 3.99. The summed E-state index contributed by atoms with van der Waals surface area (Å²) in [6.07, 6.45) is 0.407. The smallest absolute Gasteiger partial charge is 0.224 e. The summed E-state index contributed by atoms with van der Waals surface area (Å²) in [6.45, 7) is 3.12. The fourth-order valence-corrected chi connectivity index (χ4v) is 1.98. The molecule has 96 valence electrons. The van der Waals surface area contributed by atoms with Crippen LogP contribution in [0.15, 0.2) is 24.3 Å². The van der Waals surface area contributed by atoms with Gasteiger partial charge in [-0.25, -0.2) is 0 Å². The van der Waals surface area contributed by atoms with Crippen molar-refractivity contribution in [1.82, 2.24) is 10.3 Å². The maximum absolute atomic E-state index is 11.7. The van der Waals surface area contributed by atoms with E-state index in [9.17, 15) is 4.79 Å². The number of carbonyl (C=O) groups excluding carboxylic acids is 1. The first-order valence-electron chi connectivity index (χ1n) is 6.03. The van der Waals surface area contributed by atoms with E-state index in [2.05, 4.69) is 22.4 Å². The summed E-state index contributed by atoms with van der Waals surface area (Å²) in [7, 11) is 1.62. The van der Waals surface area contributed by atoms with Crippen LogP contribution in [0, 0.1) is 6.92 Å². The van der Waals surface area contributed by atoms with Crippen molar-refractivity contribution in [3.05, 3.63) is 35.5 Å². The molecule has 2 rings (SSSR count). The van der Waals surface area contributed by atoms with Crippen molar-refractivity contribution >= 4 is 16.8 Å². The van der Waals surface area contributed by atoms with Crippen LogP contribution in [0.2, 0.25) is 0 Å². The lowest BCUT2D eigenvalue weighted by Gasteiger charge is -2.04. The molecule has 18 heavy (non-hydrogen) atoms. The fourth-order valence-electron chi connectivity index (χ4n) is 1.98. The van der Waals surface area contributed by atoms with Crippen LogP contribution in [0.5, 0.6) is 0 Å². The molecule has 0 aliphatic heterocycles. The lowest BCUT2D eigenvalue weighted by molar-refractivity contribution is -0.120. The Bertz CT molecular complexity index is 546. The SMILES string of the molecule is COCCNC(=O)Cc1ccc2[nH]c(C)cc2c1. The lowest BCUT2D eigenvalue weighted by atomic mass is 10.1. The Morgan fingerprint density at radius 1 is 1.39 bits per heavy atom. The van der Waals surface area contributed by atoms with Crippen LogP contribution in [-0.2, 0) is 16.0 Å². The minimum absolute atomic E-state index is 0.0265. The molecule has 2 N–H and O–H groups in total. The fraction of sp³-hybridized carbons (Fsp3) is 0.357. The number of aromatic amines is 1. The number of H-pyrrole nitrogens is 1. The third-order valence-corrected chi connectivity index (χ3v) is 2.81. The van der Waals surface area contributed by atoms with Crippen LogP contribution < -0.4 is 5.32 Å². The number of aryl methyl sites for hydroxylation is 1. The van der Waals surface area contributed by atoms with E-state index in [0.29, 0.717) is 19.6 Å². The first-order chi connectivity index (χ1) is 8.69. The second kappa shape index (κ2) is 5.69. The number of ether oxygens (including phenoxy) is 1. The Morgan fingerprint density at radius 3 is 3.00 bits per heavy atom. The molecule has 2 aromatic rings. The Labute approximate surface area is 106 Å². The molecule has 4 heteroatoms. The lowest BCUT2D eigenvalue weighted by Crippen LogP contribution is -2.28. The van der Waals surface area contributed by atoms with Crippen molar-refractivity contribution in [3.8, 4) is 0 Å². The van der Waals surface area contributed by atoms with Gasteiger partial charge in [-0.05, 0) is 36.1 Å². The zero-order valence-corrected chi connectivity index (χ0v) is 10.7. The number of hydrogen-bond donors (Lipinski definition) is 2. The first kappa shape index (κ1) is 12.6. The van der Waals surface area contributed by atoms with Gasteiger partial charge in [0, 0.05) is 24.9 Å². The van der Waals surface area contributed by atoms with E-state index in [-0.39, 0.29) is 5.91 Å². The van der Waals surface area contributed by atoms with Gasteiger partial charge in [0.2, 0.25) is 5.91 Å². The molecule has 0 atom stereocenters. The zero-order chi connectivity index (χ0) is 13.0. The molecule has 0 saturated carbocycles. The molecule has 1 heterocycles. The zero-order valence-electron chi connectivity index (χ0n) is 10.7. The van der Waals surface area contributed by atoms with Crippen molar-refractivity contribution in [2.24, 2.45) is 0 Å². The number of methoxy groups -OCH3 is 1. The van der Waals surface area contributed by atoms with E-state index in [0.717, 1.165) is 22.2 Å². The molecule has 0 unspecified atom stereocenters. The summed E-state index contributed by atoms with van der Waals surface area (Å²) in [5.41, 5.74) is 3.26. The average molecular weight is 246 g/mol. The van der Waals surface area contributed by atoms with Gasteiger partial charge in [-0.15, -0.1) is 0 Å². The number of hydrogen-bond acceptors (Lipinski definition) is 2. The van der Waals surface area contributed by atoms with Crippen LogP contribution in [0.3, 0.4) is 0 Å². The minimum Gasteiger partial charge on any atom is -0.383 e. The third kappa shape index (κ3) is 3.11. The largest absolute Gasteiger partial charge is 0.383 e. The van der Waals surface area contributed by atoms with Crippen LogP contribution in [0.25, 0.3) is 10.9 Å². The normalized spacial score (nSPS) is 10.8. The number of fused-ring (bicyclic) bond motifs is 1. The summed E-state index contributed by atoms with van der Waals surface area (Å²) in [5, 5.41) is 3.96. The molecule has 0 aliphatic carbocycles. The van der Waals surface area contributed by atoms with E-state index in [1.54, 1.807) is 7.11 Å². The van der Waals surface area contributed by atoms with Crippen molar-refractivity contribution in [1.29, 1.82) is 0 Å². The van der Waals surface area contributed by atoms with Crippen LogP contribution in [0.1, 0.15) is 11.3 Å². The highest BCUT2D eigenvalue weighted by Crippen LogP contribution is 2.17. The van der Waals surface area contributed by atoms with Gasteiger partial charge in [0.1, 0.15) is 0 Å². The van der Waals surface area contributed by atoms with Crippen LogP contribution >= 0.6 is 0 Å². The minimum atomic E-state index is 0.0265. The van der Waals surface area contributed by atoms with Gasteiger partial charge in [-0.3, -0.25) is 4.79 Å². The number of amides is 1. The van der Waals surface area contributed by atoms with Gasteiger partial charge >= 0.3 is 0 Å². The highest BCUT2D eigenvalue weighted by molar-refractivity contribution is 5.84. The summed E-state index contributed by atoms with van der Waals surface area (Å²) in [5.74, 6) is 0.0265. The van der Waals surface area contributed by atoms with E-state index < -0.39 is 0 Å². The molecule has 0 bridgehead atoms. The Hall–Kier alpha value is -1.81. The van der Waals surface area contributed by atoms with E-state index >= 15 is 0 Å². The van der Waals surface area contributed by atoms with Gasteiger partial charge in [0.05, 0.1) is 13.0 Å². The number of nitrogens with one attached hydrogen (secondary N) is 2. The molecular formula is C14H18N2O2. The molecule has 1 aromatic heterocycles. The monoisotopic (exact) mass is 246 g/mol. The number of aromatic nitrogens is 1. The van der Waals surface area contributed by atoms with Gasteiger partial charge in [-0.1, -0.05) is 6.07 Å². The number of rotatable bonds is 5. The molecule has 1 amide bonds. The highest BCUT2D eigenvalue weighted by atomic mass is 16.5. The molecule has 4 nitrogen and oxygen atoms in total. The van der Waals surface area contributed by atoms with E-state index in [4.69, 9.17) is 4.74 Å². The Morgan fingerprint density at radius 2 is 2.22 bits per heavy atom. The molecule has 0 saturated heterocycles. The molecule has 0 aliphatic rings. The van der Waals surface area contributed by atoms with Crippen molar-refractivity contribution < 1.29 is 9.53 Å². The number of carbonyl (C=O) groups is 1. The number of benzene rings is 1. The quantitative estimate of drug-likeness (QED) is 0.790. The summed E-state index contributed by atoms with van der Waals surface area (Å²) in [6, 6.07) is 8.13. The summed E-state index contributed by atoms with van der Waals surface area (Å²) < 4.78 is 4.88. The van der Waals surface area contributed by atoms with Crippen molar-refractivity contribution in [2.45, 2.75) is 13.3 Å². The van der Waals surface area contributed by atoms with E-state index in [1.807, 2.05) is 19.1 Å². The van der Waals surface area contributed by atoms with Gasteiger partial charge in [0.25, 0.3) is 0 Å². The predicted molar refractivity (Wildman–Crippen MR) is 71.6 cm³/mol. The summed E-state index contributed by atoms with van der Waals surface area (Å²) in [4.78, 5) is 14.9. The van der Waals surface area contributed by atoms with Crippen molar-refractivity contribution in [2.75, 3.05) is 20.3 Å². The third-order valence-electron chi connectivity index (χ3n) is 2.81. The standard InChI is InChI=1S/C14H18N2O2/c1-10-7-12-8-11(3-4-13(12)16-10)9-14(17)15-5-6-18-2/h3-4,7-8,16H,5-6,9H2,1-2H3,(H,15,17). The second-order valence-corrected chi connectivity index (χ2v) is 4.39. The maximum atomic E-state index is 11.7. The molecule has 0 fully saturated rings. The molecule has 0 spiro atoms. The van der Waals surface area contributed by atoms with Crippen molar-refractivity contribution in [3.63, 3.8) is 0 Å². The maximum Gasteiger partial charge on any atom is 0.224 e. The van der Waals surface area contributed by atoms with Gasteiger partial charge in [-0.2, -0.15) is 0 Å².